The highest BCUT2D eigenvalue weighted by Gasteiger charge is 2.45. The standard InChI is InChI=1S/C29H37NO12/c31-12-19-21(34)23(36)25(38)27(41-19)15-5-1-4-14(10-15)18(33)8-3-9-30-29(40)17-7-2-6-16(11-17)28-26(39)24(37)22(35)20(13-32)42-28/h1-2,4-7,10-11,19-28,31-32,34-39H,3,8-9,12-13H2,(H,30,40)/t19-,20-,21-,22-,23+,24+,25+,26-,27-,28-/m1/s1. The van der Waals surface area contributed by atoms with Crippen LogP contribution in [0, 0.1) is 0 Å². The predicted molar refractivity (Wildman–Crippen MR) is 144 cm³/mol. The third-order valence-corrected chi connectivity index (χ3v) is 7.67. The zero-order valence-electron chi connectivity index (χ0n) is 22.6. The first-order valence-corrected chi connectivity index (χ1v) is 13.7. The van der Waals surface area contributed by atoms with Crippen molar-refractivity contribution in [2.24, 2.45) is 0 Å². The molecular weight excluding hydrogens is 554 g/mol. The maximum absolute atomic E-state index is 12.8. The number of carbonyl (C=O) groups excluding carboxylic acids is 2. The van der Waals surface area contributed by atoms with E-state index >= 15 is 0 Å². The molecule has 2 aliphatic rings. The summed E-state index contributed by atoms with van der Waals surface area (Å²) >= 11 is 0. The van der Waals surface area contributed by atoms with Gasteiger partial charge >= 0.3 is 0 Å². The van der Waals surface area contributed by atoms with Crippen LogP contribution >= 0.6 is 0 Å². The zero-order valence-corrected chi connectivity index (χ0v) is 22.6. The van der Waals surface area contributed by atoms with Gasteiger partial charge in [-0.2, -0.15) is 0 Å². The lowest BCUT2D eigenvalue weighted by molar-refractivity contribution is -0.231. The molecule has 0 radical (unpaired) electrons. The van der Waals surface area contributed by atoms with Gasteiger partial charge in [0.15, 0.2) is 5.78 Å². The number of ether oxygens (including phenoxy) is 2. The Morgan fingerprint density at radius 1 is 0.667 bits per heavy atom. The van der Waals surface area contributed by atoms with E-state index in [1.807, 2.05) is 0 Å². The topological polar surface area (TPSA) is 226 Å². The van der Waals surface area contributed by atoms with Gasteiger partial charge in [-0.25, -0.2) is 0 Å². The number of Topliss-reactive ketones (excluding diaryl/α,β-unsaturated/α-hetero) is 1. The van der Waals surface area contributed by atoms with Gasteiger partial charge in [0, 0.05) is 24.1 Å². The fourth-order valence-corrected chi connectivity index (χ4v) is 5.20. The fraction of sp³-hybridized carbons (Fsp3) is 0.517. The maximum atomic E-state index is 12.8. The normalized spacial score (nSPS) is 33.2. The number of carbonyl (C=O) groups is 2. The first-order chi connectivity index (χ1) is 20.1. The minimum atomic E-state index is -1.55. The SMILES string of the molecule is O=C(CCCNC(=O)c1cccc([C@H]2O[C@H](CO)[C@@H](O)[C@H](O)[C@H]2O)c1)c1cccc([C@H]2O[C@H](CO)[C@@H](O)[C@H](O)[C@@H]2O)c1. The lowest BCUT2D eigenvalue weighted by atomic mass is 9.90. The largest absolute Gasteiger partial charge is 0.394 e. The zero-order chi connectivity index (χ0) is 30.6. The Morgan fingerprint density at radius 2 is 1.14 bits per heavy atom. The summed E-state index contributed by atoms with van der Waals surface area (Å²) in [5, 5.41) is 82.5. The van der Waals surface area contributed by atoms with Crippen molar-refractivity contribution in [1.29, 1.82) is 0 Å². The van der Waals surface area contributed by atoms with E-state index < -0.39 is 80.2 Å². The third kappa shape index (κ3) is 6.87. The van der Waals surface area contributed by atoms with E-state index in [0.717, 1.165) is 0 Å². The van der Waals surface area contributed by atoms with Crippen LogP contribution in [0.2, 0.25) is 0 Å². The van der Waals surface area contributed by atoms with Crippen molar-refractivity contribution in [3.05, 3.63) is 70.8 Å². The molecule has 13 nitrogen and oxygen atoms in total. The summed E-state index contributed by atoms with van der Waals surface area (Å²) in [6.07, 6.45) is -12.9. The summed E-state index contributed by atoms with van der Waals surface area (Å²) in [6.45, 7) is -0.969. The Morgan fingerprint density at radius 3 is 1.64 bits per heavy atom. The van der Waals surface area contributed by atoms with Gasteiger partial charge in [-0.1, -0.05) is 30.3 Å². The molecular formula is C29H37NO12. The van der Waals surface area contributed by atoms with E-state index in [9.17, 15) is 50.4 Å². The quantitative estimate of drug-likeness (QED) is 0.109. The third-order valence-electron chi connectivity index (χ3n) is 7.67. The van der Waals surface area contributed by atoms with Crippen molar-refractivity contribution in [1.82, 2.24) is 5.32 Å². The Labute approximate surface area is 241 Å². The summed E-state index contributed by atoms with van der Waals surface area (Å²) in [5.74, 6) is -0.682. The highest BCUT2D eigenvalue weighted by Crippen LogP contribution is 2.34. The van der Waals surface area contributed by atoms with Crippen LogP contribution in [0.15, 0.2) is 48.5 Å². The summed E-state index contributed by atoms with van der Waals surface area (Å²) in [6, 6.07) is 12.4. The number of nitrogens with one attached hydrogen (secondary N) is 1. The molecule has 2 aromatic rings. The number of hydrogen-bond acceptors (Lipinski definition) is 12. The monoisotopic (exact) mass is 591 g/mol. The lowest BCUT2D eigenvalue weighted by Gasteiger charge is -2.40. The van der Waals surface area contributed by atoms with E-state index in [-0.39, 0.29) is 24.3 Å². The molecule has 2 aliphatic heterocycles. The molecule has 1 amide bonds. The van der Waals surface area contributed by atoms with E-state index in [1.54, 1.807) is 36.4 Å². The van der Waals surface area contributed by atoms with Crippen molar-refractivity contribution in [2.45, 2.75) is 73.9 Å². The molecule has 10 atom stereocenters. The van der Waals surface area contributed by atoms with Crippen molar-refractivity contribution in [3.8, 4) is 0 Å². The molecule has 2 saturated heterocycles. The van der Waals surface area contributed by atoms with Gasteiger partial charge in [-0.3, -0.25) is 9.59 Å². The van der Waals surface area contributed by atoms with Crippen LogP contribution < -0.4 is 5.32 Å². The minimum absolute atomic E-state index is 0.0866. The Balaban J connectivity index is 1.31. The molecule has 0 aliphatic carbocycles. The van der Waals surface area contributed by atoms with Gasteiger partial charge in [-0.15, -0.1) is 0 Å². The minimum Gasteiger partial charge on any atom is -0.394 e. The summed E-state index contributed by atoms with van der Waals surface area (Å²) in [5.41, 5.74) is 1.32. The van der Waals surface area contributed by atoms with Gasteiger partial charge in [0.25, 0.3) is 5.91 Å². The van der Waals surface area contributed by atoms with Crippen LogP contribution in [-0.2, 0) is 9.47 Å². The maximum Gasteiger partial charge on any atom is 0.251 e. The molecule has 230 valence electrons. The number of ketones is 1. The number of benzene rings is 2. The van der Waals surface area contributed by atoms with Crippen LogP contribution in [0.25, 0.3) is 0 Å². The van der Waals surface area contributed by atoms with E-state index in [0.29, 0.717) is 23.1 Å². The summed E-state index contributed by atoms with van der Waals surface area (Å²) in [4.78, 5) is 25.6. The van der Waals surface area contributed by atoms with Crippen LogP contribution in [0.3, 0.4) is 0 Å². The second kappa shape index (κ2) is 14.1. The molecule has 0 aromatic heterocycles. The number of aliphatic hydroxyl groups excluding tert-OH is 8. The predicted octanol–water partition coefficient (Wildman–Crippen LogP) is -1.89. The molecule has 2 heterocycles. The highest BCUT2D eigenvalue weighted by atomic mass is 16.6. The van der Waals surface area contributed by atoms with Crippen molar-refractivity contribution >= 4 is 11.7 Å². The Hall–Kier alpha value is -2.82. The van der Waals surface area contributed by atoms with E-state index in [4.69, 9.17) is 9.47 Å². The molecule has 9 N–H and O–H groups in total. The fourth-order valence-electron chi connectivity index (χ4n) is 5.20. The molecule has 0 spiro atoms. The molecule has 0 bridgehead atoms. The van der Waals surface area contributed by atoms with Crippen LogP contribution in [0.1, 0.15) is 56.9 Å². The van der Waals surface area contributed by atoms with Crippen molar-refractivity contribution in [2.75, 3.05) is 19.8 Å². The summed E-state index contributed by atoms with van der Waals surface area (Å²) in [7, 11) is 0. The number of amides is 1. The number of rotatable bonds is 10. The first kappa shape index (κ1) is 32.1. The first-order valence-electron chi connectivity index (χ1n) is 13.7. The van der Waals surface area contributed by atoms with Gasteiger partial charge in [-0.05, 0) is 35.7 Å². The van der Waals surface area contributed by atoms with E-state index in [1.165, 1.54) is 12.1 Å². The molecule has 13 heteroatoms. The summed E-state index contributed by atoms with van der Waals surface area (Å²) < 4.78 is 11.1. The van der Waals surface area contributed by atoms with Gasteiger partial charge < -0.3 is 55.6 Å². The molecule has 0 saturated carbocycles. The molecule has 2 aromatic carbocycles. The Bertz CT molecular complexity index is 1130. The Kier molecular flexibility index (Phi) is 10.8. The molecule has 2 fully saturated rings. The van der Waals surface area contributed by atoms with Crippen LogP contribution in [0.4, 0.5) is 0 Å². The molecule has 4 rings (SSSR count). The smallest absolute Gasteiger partial charge is 0.251 e. The second-order valence-corrected chi connectivity index (χ2v) is 10.5. The second-order valence-electron chi connectivity index (χ2n) is 10.5. The molecule has 42 heavy (non-hydrogen) atoms. The number of hydrogen-bond donors (Lipinski definition) is 9. The lowest BCUT2D eigenvalue weighted by Crippen LogP contribution is -2.55. The van der Waals surface area contributed by atoms with Gasteiger partial charge in [0.1, 0.15) is 61.0 Å². The van der Waals surface area contributed by atoms with Crippen molar-refractivity contribution < 1.29 is 59.9 Å². The van der Waals surface area contributed by atoms with Gasteiger partial charge in [0.2, 0.25) is 0 Å². The molecule has 0 unspecified atom stereocenters. The van der Waals surface area contributed by atoms with Gasteiger partial charge in [0.05, 0.1) is 13.2 Å². The van der Waals surface area contributed by atoms with Crippen LogP contribution in [0.5, 0.6) is 0 Å². The van der Waals surface area contributed by atoms with Crippen molar-refractivity contribution in [3.63, 3.8) is 0 Å². The average Bonchev–Trinajstić information content (AvgIpc) is 3.01. The average molecular weight is 592 g/mol. The number of aliphatic hydroxyl groups is 8. The van der Waals surface area contributed by atoms with E-state index in [2.05, 4.69) is 5.32 Å². The highest BCUT2D eigenvalue weighted by molar-refractivity contribution is 5.96. The van der Waals surface area contributed by atoms with Crippen LogP contribution in [-0.4, -0.2) is 121 Å².